The standard InChI is InChI=1S/C56H90O19/c1-28(2)29(3)21-43(58)72-42-27-41-52(9)17-16-36(22-35(52)15-18-55(41,61)56(62)20-19-54(60,34(8)57)53(42,56)10)71-44-24-38(64-12)49(31(5)68-44)74-46-26-40(66-14)51(33(7)70-46)75-47-25-39(65-13)50(32(6)69-47)73-45-23-37(63-11)48(59)30(4)67-45/h15,21,28,30-33,36-42,44-51,59-62H,16-20,22-27H2,1-14H3/b29-21+/t30-,31+,32+,33-,36-,37+,38-,39-,40-,41+,42+,44-,45-,46-,47-,48-,49+,50+,51+,52-,53+,54+,55-,56+/m0/s1. The van der Waals surface area contributed by atoms with E-state index in [-0.39, 0.29) is 43.8 Å². The molecule has 19 nitrogen and oxygen atoms in total. The molecule has 75 heavy (non-hydrogen) atoms. The summed E-state index contributed by atoms with van der Waals surface area (Å²) in [5, 5.41) is 48.5. The van der Waals surface area contributed by atoms with Gasteiger partial charge in [-0.05, 0) is 105 Å². The van der Waals surface area contributed by atoms with Crippen molar-refractivity contribution in [3.05, 3.63) is 23.3 Å². The fourth-order valence-electron chi connectivity index (χ4n) is 14.6. The number of hydrogen-bond acceptors (Lipinski definition) is 19. The lowest BCUT2D eigenvalue weighted by atomic mass is 9.42. The lowest BCUT2D eigenvalue weighted by Crippen LogP contribution is -2.78. The topological polar surface area (TPSA) is 235 Å². The van der Waals surface area contributed by atoms with Crippen LogP contribution in [0.1, 0.15) is 140 Å². The smallest absolute Gasteiger partial charge is 0.330 e. The number of allylic oxidation sites excluding steroid dienone is 1. The predicted octanol–water partition coefficient (Wildman–Crippen LogP) is 5.12. The highest BCUT2D eigenvalue weighted by atomic mass is 16.8. The van der Waals surface area contributed by atoms with Crippen LogP contribution in [0.4, 0.5) is 0 Å². The molecule has 3 saturated carbocycles. The van der Waals surface area contributed by atoms with E-state index in [0.717, 1.165) is 11.1 Å². The van der Waals surface area contributed by atoms with E-state index in [2.05, 4.69) is 6.92 Å². The third-order valence-electron chi connectivity index (χ3n) is 19.6. The molecule has 4 heterocycles. The highest BCUT2D eigenvalue weighted by molar-refractivity contribution is 5.87. The number of fused-ring (bicyclic) bond motifs is 5. The van der Waals surface area contributed by atoms with Gasteiger partial charge in [-0.15, -0.1) is 0 Å². The van der Waals surface area contributed by atoms with Gasteiger partial charge in [0.1, 0.15) is 47.3 Å². The highest BCUT2D eigenvalue weighted by Crippen LogP contribution is 2.71. The van der Waals surface area contributed by atoms with Gasteiger partial charge in [0, 0.05) is 66.1 Å². The van der Waals surface area contributed by atoms with Crippen molar-refractivity contribution in [2.24, 2.45) is 22.7 Å². The fraction of sp³-hybridized carbons (Fsp3) is 0.893. The first-order valence-corrected chi connectivity index (χ1v) is 27.6. The summed E-state index contributed by atoms with van der Waals surface area (Å²) in [6.45, 7) is 18.4. The number of esters is 1. The maximum Gasteiger partial charge on any atom is 0.330 e. The lowest BCUT2D eigenvalue weighted by Gasteiger charge is -2.67. The molecule has 0 spiro atoms. The van der Waals surface area contributed by atoms with E-state index in [1.165, 1.54) is 13.0 Å². The normalized spacial score (nSPS) is 49.3. The van der Waals surface area contributed by atoms with Crippen molar-refractivity contribution < 1.29 is 91.6 Å². The van der Waals surface area contributed by atoms with E-state index >= 15 is 0 Å². The summed E-state index contributed by atoms with van der Waals surface area (Å²) >= 11 is 0. The zero-order valence-electron chi connectivity index (χ0n) is 46.9. The number of carbonyl (C=O) groups is 2. The van der Waals surface area contributed by atoms with E-state index < -0.39 is 144 Å². The largest absolute Gasteiger partial charge is 0.458 e. The van der Waals surface area contributed by atoms with Crippen molar-refractivity contribution in [3.63, 3.8) is 0 Å². The van der Waals surface area contributed by atoms with Crippen LogP contribution in [0.3, 0.4) is 0 Å². The minimum Gasteiger partial charge on any atom is -0.458 e. The number of rotatable bonds is 16. The number of ether oxygens (including phenoxy) is 13. The first-order chi connectivity index (χ1) is 35.3. The van der Waals surface area contributed by atoms with E-state index in [9.17, 15) is 30.0 Å². The molecule has 4 aliphatic carbocycles. The van der Waals surface area contributed by atoms with E-state index in [1.807, 2.05) is 47.6 Å². The maximum absolute atomic E-state index is 13.6. The number of ketones is 1. The highest BCUT2D eigenvalue weighted by Gasteiger charge is 2.81. The van der Waals surface area contributed by atoms with E-state index in [1.54, 1.807) is 42.3 Å². The summed E-state index contributed by atoms with van der Waals surface area (Å²) < 4.78 is 81.6. The van der Waals surface area contributed by atoms with Crippen molar-refractivity contribution in [1.29, 1.82) is 0 Å². The van der Waals surface area contributed by atoms with Crippen LogP contribution < -0.4 is 0 Å². The minimum absolute atomic E-state index is 0.0344. The number of carbonyl (C=O) groups excluding carboxylic acids is 2. The second-order valence-electron chi connectivity index (χ2n) is 23.9. The second kappa shape index (κ2) is 22.8. The number of aliphatic hydroxyl groups is 4. The Bertz CT molecular complexity index is 2070. The summed E-state index contributed by atoms with van der Waals surface area (Å²) in [6.07, 6.45) is -2.49. The molecule has 428 valence electrons. The van der Waals surface area contributed by atoms with Gasteiger partial charge in [-0.3, -0.25) is 4.79 Å². The first-order valence-electron chi connectivity index (χ1n) is 27.6. The molecule has 4 saturated heterocycles. The molecular formula is C56H90O19. The molecule has 0 bridgehead atoms. The molecular weight excluding hydrogens is 977 g/mol. The number of methoxy groups -OCH3 is 4. The van der Waals surface area contributed by atoms with Gasteiger partial charge >= 0.3 is 5.97 Å². The molecule has 4 N–H and O–H groups in total. The molecule has 0 amide bonds. The molecule has 4 aliphatic heterocycles. The van der Waals surface area contributed by atoms with Gasteiger partial charge in [-0.1, -0.05) is 38.0 Å². The number of hydrogen-bond donors (Lipinski definition) is 4. The molecule has 8 rings (SSSR count). The van der Waals surface area contributed by atoms with E-state index in [4.69, 9.17) is 61.6 Å². The van der Waals surface area contributed by atoms with Gasteiger partial charge in [0.25, 0.3) is 0 Å². The van der Waals surface area contributed by atoms with Crippen molar-refractivity contribution in [1.82, 2.24) is 0 Å². The van der Waals surface area contributed by atoms with E-state index in [0.29, 0.717) is 44.9 Å². The Morgan fingerprint density at radius 2 is 1.13 bits per heavy atom. The van der Waals surface area contributed by atoms with Crippen molar-refractivity contribution in [2.75, 3.05) is 28.4 Å². The molecule has 0 aromatic heterocycles. The summed E-state index contributed by atoms with van der Waals surface area (Å²) in [5.41, 5.74) is -6.10. The van der Waals surface area contributed by atoms with Crippen LogP contribution in [-0.4, -0.2) is 188 Å². The maximum atomic E-state index is 13.6. The zero-order chi connectivity index (χ0) is 54.7. The Balaban J connectivity index is 0.877. The minimum atomic E-state index is -2.02. The van der Waals surface area contributed by atoms with Crippen molar-refractivity contribution in [3.8, 4) is 0 Å². The van der Waals surface area contributed by atoms with Gasteiger partial charge in [-0.25, -0.2) is 4.79 Å². The molecule has 8 aliphatic rings. The third kappa shape index (κ3) is 10.6. The zero-order valence-corrected chi connectivity index (χ0v) is 46.9. The molecule has 0 radical (unpaired) electrons. The van der Waals surface area contributed by atoms with Crippen molar-refractivity contribution in [2.45, 2.75) is 267 Å². The third-order valence-corrected chi connectivity index (χ3v) is 19.6. The van der Waals surface area contributed by atoms with Gasteiger partial charge < -0.3 is 82.0 Å². The van der Waals surface area contributed by atoms with Crippen LogP contribution in [-0.2, 0) is 71.2 Å². The molecule has 0 aromatic carbocycles. The van der Waals surface area contributed by atoms with Crippen LogP contribution >= 0.6 is 0 Å². The average Bonchev–Trinajstić information content (AvgIpc) is 3.59. The Morgan fingerprint density at radius 1 is 0.667 bits per heavy atom. The lowest BCUT2D eigenvalue weighted by molar-refractivity contribution is -0.347. The molecule has 19 heteroatoms. The van der Waals surface area contributed by atoms with Crippen LogP contribution in [0.5, 0.6) is 0 Å². The quantitative estimate of drug-likeness (QED) is 0.0892. The van der Waals surface area contributed by atoms with Crippen LogP contribution in [0.2, 0.25) is 0 Å². The Hall–Kier alpha value is -2.02. The van der Waals surface area contributed by atoms with Crippen molar-refractivity contribution >= 4 is 11.8 Å². The molecule has 7 fully saturated rings. The Labute approximate surface area is 443 Å². The Kier molecular flexibility index (Phi) is 18.0. The van der Waals surface area contributed by atoms with Crippen LogP contribution in [0.25, 0.3) is 0 Å². The van der Waals surface area contributed by atoms with Gasteiger partial charge in [0.2, 0.25) is 0 Å². The summed E-state index contributed by atoms with van der Waals surface area (Å²) in [6, 6.07) is 0. The second-order valence-corrected chi connectivity index (χ2v) is 23.9. The molecule has 0 aromatic rings. The van der Waals surface area contributed by atoms with Gasteiger partial charge in [0.05, 0.1) is 60.4 Å². The average molecular weight is 1070 g/mol. The van der Waals surface area contributed by atoms with Crippen LogP contribution in [0.15, 0.2) is 23.3 Å². The van der Waals surface area contributed by atoms with Gasteiger partial charge in [-0.2, -0.15) is 0 Å². The monoisotopic (exact) mass is 1070 g/mol. The van der Waals surface area contributed by atoms with Crippen LogP contribution in [0, 0.1) is 22.7 Å². The fourth-order valence-corrected chi connectivity index (χ4v) is 14.6. The van der Waals surface area contributed by atoms with Gasteiger partial charge in [0.15, 0.2) is 30.9 Å². The molecule has 24 atom stereocenters. The molecule has 0 unspecified atom stereocenters. The number of Topliss-reactive ketones (excluding diaryl/α,β-unsaturated/α-hetero) is 1. The Morgan fingerprint density at radius 3 is 1.60 bits per heavy atom. The number of aliphatic hydroxyl groups excluding tert-OH is 1. The SMILES string of the molecule is CO[C@H]1C[C@H](O[C@H]2[C@@H](OC)C[C@H](O[C@H]3CC[C@@]4(C)C(=CC[C@]5(O)[C@@H]4C[C@@H](OC(=O)/C=C(\C)C(C)C)[C@@]4(C)[C@]5(O)CC[C@@]4(O)C(C)=O)C3)O[C@@H]2C)O[C@@H](C)[C@H]1O[C@H]1C[C@H](OC)[C@H](O[C@H]2C[C@@H](OC)[C@@H](O)[C@H](C)O2)[C@@H](C)O1. The predicted molar refractivity (Wildman–Crippen MR) is 269 cm³/mol. The summed E-state index contributed by atoms with van der Waals surface area (Å²) in [4.78, 5) is 26.9. The summed E-state index contributed by atoms with van der Waals surface area (Å²) in [5.74, 6) is -1.61. The first kappa shape index (κ1) is 59.1. The summed E-state index contributed by atoms with van der Waals surface area (Å²) in [7, 11) is 6.49.